The van der Waals surface area contributed by atoms with Gasteiger partial charge in [0.05, 0.1) is 17.3 Å². The Bertz CT molecular complexity index is 642. The van der Waals surface area contributed by atoms with Crippen LogP contribution in [0.4, 0.5) is 0 Å². The van der Waals surface area contributed by atoms with Crippen molar-refractivity contribution < 1.29 is 5.11 Å². The number of aromatic hydroxyl groups is 1. The van der Waals surface area contributed by atoms with Gasteiger partial charge >= 0.3 is 5.56 Å². The molecule has 0 saturated carbocycles. The molecule has 2 heterocycles. The van der Waals surface area contributed by atoms with E-state index >= 15 is 0 Å². The second-order valence-corrected chi connectivity index (χ2v) is 3.25. The maximum atomic E-state index is 11.5. The Kier molecular flexibility index (Phi) is 2.32. The molecule has 0 radical (unpaired) electrons. The van der Waals surface area contributed by atoms with E-state index in [1.165, 1.54) is 25.5 Å². The zero-order chi connectivity index (χ0) is 11.7. The minimum atomic E-state index is -0.638. The second kappa shape index (κ2) is 3.65. The summed E-state index contributed by atoms with van der Waals surface area (Å²) >= 11 is 0. The molecule has 2 N–H and O–H groups in total. The maximum Gasteiger partial charge on any atom is 0.309 e. The summed E-state index contributed by atoms with van der Waals surface area (Å²) in [4.78, 5) is 25.3. The summed E-state index contributed by atoms with van der Waals surface area (Å²) < 4.78 is 0.996. The van der Waals surface area contributed by atoms with Crippen molar-refractivity contribution in [1.29, 1.82) is 0 Å². The van der Waals surface area contributed by atoms with Crippen LogP contribution in [-0.4, -0.2) is 19.9 Å². The molecule has 0 atom stereocenters. The summed E-state index contributed by atoms with van der Waals surface area (Å²) in [5.41, 5.74) is -0.677. The molecule has 0 unspecified atom stereocenters. The molecule has 82 valence electrons. The highest BCUT2D eigenvalue weighted by Crippen LogP contribution is 2.20. The molecule has 2 aromatic rings. The minimum Gasteiger partial charge on any atom is -0.503 e. The molecule has 2 rings (SSSR count). The summed E-state index contributed by atoms with van der Waals surface area (Å²) in [5.74, 6) is -0.478. The van der Waals surface area contributed by atoms with Gasteiger partial charge in [-0.05, 0) is 12.1 Å². The average Bonchev–Trinajstić information content (AvgIpc) is 2.28. The van der Waals surface area contributed by atoms with Crippen LogP contribution < -0.4 is 11.1 Å². The van der Waals surface area contributed by atoms with Crippen molar-refractivity contribution in [3.63, 3.8) is 0 Å². The van der Waals surface area contributed by atoms with Crippen molar-refractivity contribution >= 4 is 0 Å². The quantitative estimate of drug-likeness (QED) is 0.697. The number of hydrogen-bond donors (Lipinski definition) is 2. The van der Waals surface area contributed by atoms with Gasteiger partial charge in [-0.15, -0.1) is 0 Å². The van der Waals surface area contributed by atoms with Gasteiger partial charge in [-0.3, -0.25) is 9.59 Å². The van der Waals surface area contributed by atoms with E-state index in [0.717, 1.165) is 4.68 Å². The van der Waals surface area contributed by atoms with Crippen molar-refractivity contribution in [2.75, 3.05) is 0 Å². The molecule has 0 aliphatic rings. The third-order valence-corrected chi connectivity index (χ3v) is 2.22. The lowest BCUT2D eigenvalue weighted by atomic mass is 10.1. The smallest absolute Gasteiger partial charge is 0.309 e. The van der Waals surface area contributed by atoms with Crippen molar-refractivity contribution in [3.8, 4) is 16.9 Å². The summed E-state index contributed by atoms with van der Waals surface area (Å²) in [7, 11) is 1.42. The molecule has 0 saturated heterocycles. The minimum absolute atomic E-state index is 0.130. The van der Waals surface area contributed by atoms with Gasteiger partial charge in [0.15, 0.2) is 5.75 Å². The van der Waals surface area contributed by atoms with Crippen LogP contribution in [0.2, 0.25) is 0 Å². The Morgan fingerprint density at radius 2 is 2.12 bits per heavy atom. The third kappa shape index (κ3) is 1.50. The van der Waals surface area contributed by atoms with E-state index in [4.69, 9.17) is 0 Å². The number of pyridine rings is 1. The van der Waals surface area contributed by atoms with E-state index < -0.39 is 11.3 Å². The first-order valence-electron chi connectivity index (χ1n) is 4.54. The normalized spacial score (nSPS) is 10.3. The fourth-order valence-electron chi connectivity index (χ4n) is 1.36. The van der Waals surface area contributed by atoms with Crippen molar-refractivity contribution in [3.05, 3.63) is 45.2 Å². The third-order valence-electron chi connectivity index (χ3n) is 2.22. The number of nitrogens with zero attached hydrogens (tertiary/aromatic N) is 2. The van der Waals surface area contributed by atoms with E-state index in [1.54, 1.807) is 6.07 Å². The van der Waals surface area contributed by atoms with Crippen LogP contribution in [0.5, 0.6) is 5.75 Å². The van der Waals surface area contributed by atoms with Gasteiger partial charge in [-0.2, -0.15) is 5.10 Å². The molecular weight excluding hydrogens is 210 g/mol. The van der Waals surface area contributed by atoms with Gasteiger partial charge < -0.3 is 10.1 Å². The monoisotopic (exact) mass is 219 g/mol. The second-order valence-electron chi connectivity index (χ2n) is 3.25. The lowest BCUT2D eigenvalue weighted by Gasteiger charge is -2.03. The average molecular weight is 219 g/mol. The van der Waals surface area contributed by atoms with Gasteiger partial charge in [0.25, 0.3) is 5.56 Å². The zero-order valence-electron chi connectivity index (χ0n) is 8.47. The highest BCUT2D eigenvalue weighted by Gasteiger charge is 2.12. The summed E-state index contributed by atoms with van der Waals surface area (Å²) in [6.45, 7) is 0. The molecular formula is C10H9N3O3. The number of rotatable bonds is 1. The van der Waals surface area contributed by atoms with Gasteiger partial charge in [-0.25, -0.2) is 4.68 Å². The van der Waals surface area contributed by atoms with Crippen LogP contribution in [0.1, 0.15) is 0 Å². The summed E-state index contributed by atoms with van der Waals surface area (Å²) in [6.07, 6.45) is 2.75. The Hall–Kier alpha value is -2.37. The molecule has 0 amide bonds. The van der Waals surface area contributed by atoms with Gasteiger partial charge in [-0.1, -0.05) is 0 Å². The highest BCUT2D eigenvalue weighted by atomic mass is 16.3. The number of H-pyrrole nitrogens is 1. The largest absolute Gasteiger partial charge is 0.503 e. The van der Waals surface area contributed by atoms with Crippen LogP contribution in [0.3, 0.4) is 0 Å². The van der Waals surface area contributed by atoms with E-state index in [-0.39, 0.29) is 16.7 Å². The van der Waals surface area contributed by atoms with Crippen molar-refractivity contribution in [1.82, 2.24) is 14.8 Å². The molecule has 0 aromatic carbocycles. The van der Waals surface area contributed by atoms with Crippen LogP contribution in [-0.2, 0) is 7.05 Å². The number of aromatic nitrogens is 3. The zero-order valence-corrected chi connectivity index (χ0v) is 8.47. The first kappa shape index (κ1) is 10.2. The topological polar surface area (TPSA) is 88.0 Å². The van der Waals surface area contributed by atoms with Crippen LogP contribution in [0.15, 0.2) is 34.1 Å². The Morgan fingerprint density at radius 3 is 2.81 bits per heavy atom. The lowest BCUT2D eigenvalue weighted by Crippen LogP contribution is -2.20. The molecule has 0 aliphatic heterocycles. The number of aryl methyl sites for hydroxylation is 1. The van der Waals surface area contributed by atoms with Crippen LogP contribution >= 0.6 is 0 Å². The predicted molar refractivity (Wildman–Crippen MR) is 57.2 cm³/mol. The van der Waals surface area contributed by atoms with Crippen LogP contribution in [0, 0.1) is 0 Å². The Labute approximate surface area is 89.8 Å². The summed E-state index contributed by atoms with van der Waals surface area (Å²) in [6, 6.07) is 3.11. The summed E-state index contributed by atoms with van der Waals surface area (Å²) in [5, 5.41) is 13.4. The fraction of sp³-hybridized carbons (Fsp3) is 0.100. The van der Waals surface area contributed by atoms with E-state index in [2.05, 4.69) is 10.1 Å². The molecule has 0 fully saturated rings. The molecule has 6 heteroatoms. The highest BCUT2D eigenvalue weighted by molar-refractivity contribution is 5.67. The maximum absolute atomic E-state index is 11.5. The van der Waals surface area contributed by atoms with E-state index in [1.807, 2.05) is 0 Å². The molecule has 0 spiro atoms. The first-order chi connectivity index (χ1) is 7.61. The molecule has 0 bridgehead atoms. The number of aromatic amines is 1. The standard InChI is InChI=1S/C10H9N3O3/c1-13-10(16)8(14)7(5-12-13)6-3-2-4-11-9(6)15/h2-5,14H,1H3,(H,11,15). The fourth-order valence-corrected chi connectivity index (χ4v) is 1.36. The SMILES string of the molecule is Cn1ncc(-c2ccc[nH]c2=O)c(O)c1=O. The Morgan fingerprint density at radius 1 is 1.38 bits per heavy atom. The van der Waals surface area contributed by atoms with E-state index in [9.17, 15) is 14.7 Å². The van der Waals surface area contributed by atoms with E-state index in [0.29, 0.717) is 0 Å². The lowest BCUT2D eigenvalue weighted by molar-refractivity contribution is 0.456. The number of nitrogens with one attached hydrogen (secondary N) is 1. The molecule has 6 nitrogen and oxygen atoms in total. The van der Waals surface area contributed by atoms with Crippen molar-refractivity contribution in [2.45, 2.75) is 0 Å². The van der Waals surface area contributed by atoms with Crippen molar-refractivity contribution in [2.24, 2.45) is 7.05 Å². The molecule has 0 aliphatic carbocycles. The molecule has 2 aromatic heterocycles. The molecule has 16 heavy (non-hydrogen) atoms. The van der Waals surface area contributed by atoms with Crippen LogP contribution in [0.25, 0.3) is 11.1 Å². The predicted octanol–water partition coefficient (Wildman–Crippen LogP) is -0.159. The van der Waals surface area contributed by atoms with Gasteiger partial charge in [0.1, 0.15) is 0 Å². The Balaban J connectivity index is 2.77. The first-order valence-corrected chi connectivity index (χ1v) is 4.54. The number of hydrogen-bond acceptors (Lipinski definition) is 4. The van der Waals surface area contributed by atoms with Gasteiger partial charge in [0, 0.05) is 13.2 Å². The van der Waals surface area contributed by atoms with Gasteiger partial charge in [0.2, 0.25) is 0 Å².